The lowest BCUT2D eigenvalue weighted by atomic mass is 9.79. The van der Waals surface area contributed by atoms with Crippen LogP contribution >= 0.6 is 11.3 Å². The van der Waals surface area contributed by atoms with Crippen LogP contribution in [0.4, 0.5) is 0 Å². The zero-order chi connectivity index (χ0) is 20.3. The van der Waals surface area contributed by atoms with Gasteiger partial charge in [-0.3, -0.25) is 14.7 Å². The molecule has 5 heteroatoms. The van der Waals surface area contributed by atoms with Gasteiger partial charge in [-0.1, -0.05) is 30.3 Å². The van der Waals surface area contributed by atoms with E-state index < -0.39 is 0 Å². The van der Waals surface area contributed by atoms with E-state index >= 15 is 0 Å². The molecule has 0 N–H and O–H groups in total. The van der Waals surface area contributed by atoms with E-state index in [0.29, 0.717) is 0 Å². The number of nitrogens with zero attached hydrogens (tertiary/aromatic N) is 3. The lowest BCUT2D eigenvalue weighted by molar-refractivity contribution is -0.138. The van der Waals surface area contributed by atoms with Crippen LogP contribution < -0.4 is 0 Å². The zero-order valence-electron chi connectivity index (χ0n) is 17.0. The fraction of sp³-hybridized carbons (Fsp3) is 0.333. The molecule has 29 heavy (non-hydrogen) atoms. The molecule has 1 aliphatic rings. The Morgan fingerprint density at radius 1 is 1.14 bits per heavy atom. The summed E-state index contributed by atoms with van der Waals surface area (Å²) in [6.45, 7) is 2.48. The Hall–Kier alpha value is -2.50. The summed E-state index contributed by atoms with van der Waals surface area (Å²) >= 11 is 1.71. The maximum atomic E-state index is 13.2. The highest BCUT2D eigenvalue weighted by atomic mass is 32.1. The summed E-state index contributed by atoms with van der Waals surface area (Å²) in [5, 5.41) is 4.27. The summed E-state index contributed by atoms with van der Waals surface area (Å²) in [6, 6.07) is 16.9. The Bertz CT molecular complexity index is 938. The van der Waals surface area contributed by atoms with Crippen molar-refractivity contribution >= 4 is 17.2 Å². The molecule has 4 nitrogen and oxygen atoms in total. The number of thiophene rings is 1. The molecule has 0 bridgehead atoms. The van der Waals surface area contributed by atoms with Gasteiger partial charge >= 0.3 is 0 Å². The second-order valence-electron chi connectivity index (χ2n) is 8.15. The maximum absolute atomic E-state index is 13.2. The molecular weight excluding hydrogens is 378 g/mol. The van der Waals surface area contributed by atoms with Crippen LogP contribution in [0.2, 0.25) is 0 Å². The van der Waals surface area contributed by atoms with E-state index in [0.717, 1.165) is 38.2 Å². The summed E-state index contributed by atoms with van der Waals surface area (Å²) in [5.74, 6) is 0.225. The van der Waals surface area contributed by atoms with Gasteiger partial charge < -0.3 is 4.90 Å². The van der Waals surface area contributed by atoms with Crippen molar-refractivity contribution in [3.05, 3.63) is 76.7 Å². The number of likely N-dealkylation sites (tertiary alicyclic amines) is 1. The predicted octanol–water partition coefficient (Wildman–Crippen LogP) is 4.33. The van der Waals surface area contributed by atoms with Crippen LogP contribution in [-0.4, -0.2) is 47.9 Å². The van der Waals surface area contributed by atoms with Gasteiger partial charge in [0.2, 0.25) is 5.91 Å². The van der Waals surface area contributed by atoms with Gasteiger partial charge in [0.15, 0.2) is 0 Å². The van der Waals surface area contributed by atoms with E-state index in [4.69, 9.17) is 0 Å². The van der Waals surface area contributed by atoms with Crippen molar-refractivity contribution in [2.75, 3.05) is 27.2 Å². The second kappa shape index (κ2) is 8.47. The van der Waals surface area contributed by atoms with Crippen LogP contribution in [0, 0.1) is 5.41 Å². The quantitative estimate of drug-likeness (QED) is 0.612. The molecule has 4 rings (SSSR count). The molecule has 3 heterocycles. The molecule has 1 atom stereocenters. The minimum Gasteiger partial charge on any atom is -0.348 e. The summed E-state index contributed by atoms with van der Waals surface area (Å²) in [5.41, 5.74) is 4.39. The first-order valence-corrected chi connectivity index (χ1v) is 11.0. The highest BCUT2D eigenvalue weighted by molar-refractivity contribution is 7.08. The fourth-order valence-corrected chi connectivity index (χ4v) is 4.98. The van der Waals surface area contributed by atoms with Gasteiger partial charge in [-0.25, -0.2) is 0 Å². The monoisotopic (exact) mass is 405 g/mol. The Kier molecular flexibility index (Phi) is 5.79. The van der Waals surface area contributed by atoms with Crippen molar-refractivity contribution in [2.24, 2.45) is 5.41 Å². The summed E-state index contributed by atoms with van der Waals surface area (Å²) in [6.07, 6.45) is 3.48. The summed E-state index contributed by atoms with van der Waals surface area (Å²) in [4.78, 5) is 21.8. The van der Waals surface area contributed by atoms with Crippen molar-refractivity contribution in [3.63, 3.8) is 0 Å². The van der Waals surface area contributed by atoms with Crippen molar-refractivity contribution in [1.29, 1.82) is 0 Å². The second-order valence-corrected chi connectivity index (χ2v) is 8.93. The SMILES string of the molecule is CN(C)C(=O)[C@]1(Cc2ccc(-c3ccsc3)cc2)CCN(Cc2ccccn2)C1. The normalized spacial score (nSPS) is 19.4. The zero-order valence-corrected chi connectivity index (χ0v) is 17.9. The summed E-state index contributed by atoms with van der Waals surface area (Å²) in [7, 11) is 3.73. The van der Waals surface area contributed by atoms with Gasteiger partial charge in [-0.15, -0.1) is 0 Å². The van der Waals surface area contributed by atoms with Crippen LogP contribution in [0.1, 0.15) is 17.7 Å². The molecule has 0 unspecified atom stereocenters. The van der Waals surface area contributed by atoms with Gasteiger partial charge in [0.05, 0.1) is 11.1 Å². The molecule has 0 spiro atoms. The van der Waals surface area contributed by atoms with Crippen LogP contribution in [0.25, 0.3) is 11.1 Å². The van der Waals surface area contributed by atoms with Crippen LogP contribution in [0.15, 0.2) is 65.5 Å². The average Bonchev–Trinajstić information content (AvgIpc) is 3.40. The van der Waals surface area contributed by atoms with Crippen LogP contribution in [0.5, 0.6) is 0 Å². The van der Waals surface area contributed by atoms with E-state index in [9.17, 15) is 4.79 Å². The first-order valence-electron chi connectivity index (χ1n) is 10.0. The molecule has 2 aromatic heterocycles. The Morgan fingerprint density at radius 2 is 1.97 bits per heavy atom. The number of aromatic nitrogens is 1. The van der Waals surface area contributed by atoms with E-state index in [1.54, 1.807) is 16.2 Å². The number of amides is 1. The fourth-order valence-electron chi connectivity index (χ4n) is 4.32. The molecular formula is C24H27N3OS. The molecule has 0 radical (unpaired) electrons. The first-order chi connectivity index (χ1) is 14.1. The maximum Gasteiger partial charge on any atom is 0.229 e. The lowest BCUT2D eigenvalue weighted by Gasteiger charge is -2.31. The number of hydrogen-bond acceptors (Lipinski definition) is 4. The van der Waals surface area contributed by atoms with Crippen molar-refractivity contribution in [1.82, 2.24) is 14.8 Å². The molecule has 0 aliphatic carbocycles. The average molecular weight is 406 g/mol. The van der Waals surface area contributed by atoms with Crippen LogP contribution in [-0.2, 0) is 17.8 Å². The van der Waals surface area contributed by atoms with E-state index in [1.807, 2.05) is 32.4 Å². The lowest BCUT2D eigenvalue weighted by Crippen LogP contribution is -2.43. The number of pyridine rings is 1. The minimum absolute atomic E-state index is 0.225. The third kappa shape index (κ3) is 4.41. The Morgan fingerprint density at radius 3 is 2.62 bits per heavy atom. The molecule has 1 aromatic carbocycles. The molecule has 3 aromatic rings. The number of hydrogen-bond donors (Lipinski definition) is 0. The number of rotatable bonds is 6. The van der Waals surface area contributed by atoms with Gasteiger partial charge in [-0.05, 0) is 65.0 Å². The van der Waals surface area contributed by atoms with Gasteiger partial charge in [0.1, 0.15) is 0 Å². The molecule has 1 fully saturated rings. The van der Waals surface area contributed by atoms with Crippen molar-refractivity contribution in [2.45, 2.75) is 19.4 Å². The third-order valence-electron chi connectivity index (χ3n) is 5.76. The topological polar surface area (TPSA) is 36.4 Å². The van der Waals surface area contributed by atoms with E-state index in [1.165, 1.54) is 16.7 Å². The van der Waals surface area contributed by atoms with Gasteiger partial charge in [0, 0.05) is 33.4 Å². The minimum atomic E-state index is -0.373. The standard InChI is InChI=1S/C24H27N3OS/c1-26(2)23(28)24(11-13-27(18-24)16-22-5-3-4-12-25-22)15-19-6-8-20(9-7-19)21-10-14-29-17-21/h3-10,12,14,17H,11,13,15-16,18H2,1-2H3/t24-/m0/s1. The molecule has 1 amide bonds. The van der Waals surface area contributed by atoms with Crippen molar-refractivity contribution in [3.8, 4) is 11.1 Å². The largest absolute Gasteiger partial charge is 0.348 e. The number of benzene rings is 1. The predicted molar refractivity (Wildman–Crippen MR) is 119 cm³/mol. The Balaban J connectivity index is 1.52. The van der Waals surface area contributed by atoms with E-state index in [2.05, 4.69) is 57.0 Å². The Labute approximate surface area is 176 Å². The molecule has 150 valence electrons. The number of carbonyl (C=O) groups excluding carboxylic acids is 1. The summed E-state index contributed by atoms with van der Waals surface area (Å²) < 4.78 is 0. The number of carbonyl (C=O) groups is 1. The smallest absolute Gasteiger partial charge is 0.229 e. The van der Waals surface area contributed by atoms with Gasteiger partial charge in [-0.2, -0.15) is 11.3 Å². The van der Waals surface area contributed by atoms with Gasteiger partial charge in [0.25, 0.3) is 0 Å². The van der Waals surface area contributed by atoms with E-state index in [-0.39, 0.29) is 11.3 Å². The molecule has 1 saturated heterocycles. The third-order valence-corrected chi connectivity index (χ3v) is 6.44. The van der Waals surface area contributed by atoms with Crippen molar-refractivity contribution < 1.29 is 4.79 Å². The molecule has 1 aliphatic heterocycles. The highest BCUT2D eigenvalue weighted by Crippen LogP contribution is 2.37. The first kappa shape index (κ1) is 19.8. The molecule has 0 saturated carbocycles. The van der Waals surface area contributed by atoms with Crippen LogP contribution in [0.3, 0.4) is 0 Å². The highest BCUT2D eigenvalue weighted by Gasteiger charge is 2.45.